The first-order valence-corrected chi connectivity index (χ1v) is 10.4. The Morgan fingerprint density at radius 2 is 1.89 bits per heavy atom. The fraction of sp³-hybridized carbons (Fsp3) is 0.318. The molecule has 3 rings (SSSR count). The molecule has 2 aromatic rings. The molecule has 0 unspecified atom stereocenters. The van der Waals surface area contributed by atoms with Gasteiger partial charge in [0.25, 0.3) is 0 Å². The van der Waals surface area contributed by atoms with E-state index in [0.29, 0.717) is 11.6 Å². The van der Waals surface area contributed by atoms with Crippen molar-refractivity contribution in [3.8, 4) is 5.75 Å². The van der Waals surface area contributed by atoms with E-state index in [9.17, 15) is 4.79 Å². The summed E-state index contributed by atoms with van der Waals surface area (Å²) in [5.41, 5.74) is 3.34. The number of nitrogens with zero attached hydrogens (tertiary/aromatic N) is 2. The average molecular weight is 396 g/mol. The lowest BCUT2D eigenvalue weighted by atomic mass is 10.0. The van der Waals surface area contributed by atoms with Gasteiger partial charge in [0.2, 0.25) is 5.91 Å². The summed E-state index contributed by atoms with van der Waals surface area (Å²) in [6, 6.07) is 16.1. The van der Waals surface area contributed by atoms with Gasteiger partial charge in [-0.1, -0.05) is 61.5 Å². The zero-order valence-corrected chi connectivity index (χ0v) is 17.0. The van der Waals surface area contributed by atoms with Gasteiger partial charge in [-0.2, -0.15) is 5.10 Å². The van der Waals surface area contributed by atoms with Crippen LogP contribution in [0.2, 0.25) is 0 Å². The van der Waals surface area contributed by atoms with Gasteiger partial charge >= 0.3 is 0 Å². The van der Waals surface area contributed by atoms with Crippen molar-refractivity contribution in [3.05, 3.63) is 65.2 Å². The van der Waals surface area contributed by atoms with Crippen LogP contribution in [0.4, 0.5) is 0 Å². The molecule has 1 amide bonds. The van der Waals surface area contributed by atoms with E-state index in [0.717, 1.165) is 23.3 Å². The molecule has 1 fully saturated rings. The standard InChI is InChI=1S/C22H25N3O2S/c1-3-4-7-16-10-12-17(13-11-16)14-20-21(26)24-22(28-20)25-23-15-18-8-5-6-9-19(18)27-2/h5-6,8-13,15,20H,3-4,7,14H2,1-2H3,(H,24,25,26)/b23-15-/t20-/m1/s1. The number of methoxy groups -OCH3 is 1. The fourth-order valence-electron chi connectivity index (χ4n) is 2.94. The molecule has 0 radical (unpaired) electrons. The van der Waals surface area contributed by atoms with Gasteiger partial charge in [0.05, 0.1) is 18.6 Å². The van der Waals surface area contributed by atoms with Gasteiger partial charge in [0.15, 0.2) is 5.17 Å². The maximum Gasteiger partial charge on any atom is 0.239 e. The number of hydrogen-bond donors (Lipinski definition) is 1. The first-order chi connectivity index (χ1) is 13.7. The van der Waals surface area contributed by atoms with Crippen LogP contribution < -0.4 is 10.1 Å². The van der Waals surface area contributed by atoms with E-state index in [1.165, 1.54) is 30.2 Å². The average Bonchev–Trinajstić information content (AvgIpc) is 3.07. The zero-order chi connectivity index (χ0) is 19.8. The first kappa shape index (κ1) is 20.1. The van der Waals surface area contributed by atoms with Crippen LogP contribution >= 0.6 is 11.8 Å². The molecule has 6 heteroatoms. The highest BCUT2D eigenvalue weighted by molar-refractivity contribution is 8.15. The third kappa shape index (κ3) is 5.45. The molecule has 0 saturated carbocycles. The van der Waals surface area contributed by atoms with Crippen LogP contribution in [0.25, 0.3) is 0 Å². The topological polar surface area (TPSA) is 63.1 Å². The van der Waals surface area contributed by atoms with Gasteiger partial charge in [0, 0.05) is 5.56 Å². The van der Waals surface area contributed by atoms with E-state index in [1.807, 2.05) is 24.3 Å². The summed E-state index contributed by atoms with van der Waals surface area (Å²) in [6.07, 6.45) is 5.81. The number of rotatable bonds is 8. The monoisotopic (exact) mass is 395 g/mol. The van der Waals surface area contributed by atoms with Crippen molar-refractivity contribution in [1.82, 2.24) is 5.32 Å². The van der Waals surface area contributed by atoms with Crippen LogP contribution in [0.15, 0.2) is 58.7 Å². The second-order valence-corrected chi connectivity index (χ2v) is 7.80. The molecule has 1 N–H and O–H groups in total. The molecular weight excluding hydrogens is 370 g/mol. The number of aryl methyl sites for hydroxylation is 1. The Bertz CT molecular complexity index is 862. The minimum Gasteiger partial charge on any atom is -0.496 e. The van der Waals surface area contributed by atoms with Crippen LogP contribution in [-0.4, -0.2) is 29.6 Å². The zero-order valence-electron chi connectivity index (χ0n) is 16.2. The molecule has 1 aliphatic heterocycles. The molecule has 28 heavy (non-hydrogen) atoms. The number of para-hydroxylation sites is 1. The molecule has 1 saturated heterocycles. The van der Waals surface area contributed by atoms with E-state index in [1.54, 1.807) is 13.3 Å². The normalized spacial score (nSPS) is 18.0. The van der Waals surface area contributed by atoms with Crippen LogP contribution in [0.3, 0.4) is 0 Å². The van der Waals surface area contributed by atoms with E-state index < -0.39 is 0 Å². The highest BCUT2D eigenvalue weighted by atomic mass is 32.2. The molecule has 1 atom stereocenters. The van der Waals surface area contributed by atoms with Crippen LogP contribution in [0, 0.1) is 0 Å². The number of benzene rings is 2. The van der Waals surface area contributed by atoms with Gasteiger partial charge in [0.1, 0.15) is 5.75 Å². The van der Waals surface area contributed by atoms with Gasteiger partial charge in [-0.05, 0) is 42.5 Å². The van der Waals surface area contributed by atoms with Crippen molar-refractivity contribution in [2.75, 3.05) is 7.11 Å². The summed E-state index contributed by atoms with van der Waals surface area (Å²) in [4.78, 5) is 12.2. The van der Waals surface area contributed by atoms with Gasteiger partial charge < -0.3 is 10.1 Å². The Kier molecular flexibility index (Phi) is 7.25. The van der Waals surface area contributed by atoms with Crippen molar-refractivity contribution in [3.63, 3.8) is 0 Å². The minimum absolute atomic E-state index is 0.0219. The number of ether oxygens (including phenoxy) is 1. The fourth-order valence-corrected chi connectivity index (χ4v) is 3.91. The molecule has 2 aromatic carbocycles. The first-order valence-electron chi connectivity index (χ1n) is 9.49. The number of thioether (sulfide) groups is 1. The SMILES string of the molecule is CCCCc1ccc(C[C@H]2S/C(=N\N=C/c3ccccc3OC)NC2=O)cc1. The van der Waals surface area contributed by atoms with Crippen molar-refractivity contribution in [1.29, 1.82) is 0 Å². The highest BCUT2D eigenvalue weighted by Gasteiger charge is 2.30. The molecular formula is C22H25N3O2S. The molecule has 0 bridgehead atoms. The van der Waals surface area contributed by atoms with Gasteiger partial charge in [-0.15, -0.1) is 5.10 Å². The van der Waals surface area contributed by atoms with Crippen LogP contribution in [0.5, 0.6) is 5.75 Å². The Labute approximate surface area is 170 Å². The van der Waals surface area contributed by atoms with Gasteiger partial charge in [-0.3, -0.25) is 4.79 Å². The third-order valence-corrected chi connectivity index (χ3v) is 5.60. The lowest BCUT2D eigenvalue weighted by molar-refractivity contribution is -0.118. The van der Waals surface area contributed by atoms with Crippen molar-refractivity contribution in [2.24, 2.45) is 10.2 Å². The molecule has 0 aromatic heterocycles. The lowest BCUT2D eigenvalue weighted by Gasteiger charge is -2.06. The predicted octanol–water partition coefficient (Wildman–Crippen LogP) is 4.20. The molecule has 1 aliphatic rings. The molecule has 0 aliphatic carbocycles. The van der Waals surface area contributed by atoms with Crippen molar-refractivity contribution >= 4 is 29.1 Å². The van der Waals surface area contributed by atoms with Crippen molar-refractivity contribution < 1.29 is 9.53 Å². The smallest absolute Gasteiger partial charge is 0.239 e. The van der Waals surface area contributed by atoms with Gasteiger partial charge in [-0.25, -0.2) is 0 Å². The Hall–Kier alpha value is -2.60. The summed E-state index contributed by atoms with van der Waals surface area (Å²) < 4.78 is 5.28. The second-order valence-electron chi connectivity index (χ2n) is 6.61. The van der Waals surface area contributed by atoms with E-state index >= 15 is 0 Å². The summed E-state index contributed by atoms with van der Waals surface area (Å²) >= 11 is 1.42. The number of amidine groups is 1. The quantitative estimate of drug-likeness (QED) is 0.538. The minimum atomic E-state index is -0.179. The number of nitrogens with one attached hydrogen (secondary N) is 1. The molecule has 0 spiro atoms. The Morgan fingerprint density at radius 3 is 2.64 bits per heavy atom. The van der Waals surface area contributed by atoms with E-state index in [4.69, 9.17) is 4.74 Å². The maximum absolute atomic E-state index is 12.2. The molecule has 5 nitrogen and oxygen atoms in total. The van der Waals surface area contributed by atoms with Crippen LogP contribution in [0.1, 0.15) is 36.5 Å². The molecule has 146 valence electrons. The van der Waals surface area contributed by atoms with Crippen molar-refractivity contribution in [2.45, 2.75) is 37.9 Å². The van der Waals surface area contributed by atoms with Crippen LogP contribution in [-0.2, 0) is 17.6 Å². The predicted molar refractivity (Wildman–Crippen MR) is 116 cm³/mol. The van der Waals surface area contributed by atoms with E-state index in [2.05, 4.69) is 46.7 Å². The maximum atomic E-state index is 12.2. The third-order valence-electron chi connectivity index (χ3n) is 4.52. The Morgan fingerprint density at radius 1 is 1.14 bits per heavy atom. The Balaban J connectivity index is 1.58. The highest BCUT2D eigenvalue weighted by Crippen LogP contribution is 2.24. The lowest BCUT2D eigenvalue weighted by Crippen LogP contribution is -2.25. The molecule has 1 heterocycles. The second kappa shape index (κ2) is 10.1. The number of hydrogen-bond acceptors (Lipinski definition) is 5. The number of carbonyl (C=O) groups excluding carboxylic acids is 1. The largest absolute Gasteiger partial charge is 0.496 e. The number of unbranched alkanes of at least 4 members (excludes halogenated alkanes) is 1. The summed E-state index contributed by atoms with van der Waals surface area (Å²) in [5, 5.41) is 11.4. The summed E-state index contributed by atoms with van der Waals surface area (Å²) in [6.45, 7) is 2.20. The number of carbonyl (C=O) groups is 1. The summed E-state index contributed by atoms with van der Waals surface area (Å²) in [5.74, 6) is 0.709. The number of amides is 1. The summed E-state index contributed by atoms with van der Waals surface area (Å²) in [7, 11) is 1.62. The van der Waals surface area contributed by atoms with E-state index in [-0.39, 0.29) is 11.2 Å².